The normalized spacial score (nSPS) is 11.8. The van der Waals surface area contributed by atoms with Crippen LogP contribution in [0.2, 0.25) is 0 Å². The van der Waals surface area contributed by atoms with Crippen LogP contribution in [0.3, 0.4) is 0 Å². The molecule has 2 heterocycles. The van der Waals surface area contributed by atoms with Crippen LogP contribution in [0.4, 0.5) is 0 Å². The fourth-order valence-corrected chi connectivity index (χ4v) is 7.52. The minimum atomic E-state index is -0.345. The van der Waals surface area contributed by atoms with Gasteiger partial charge in [-0.2, -0.15) is 0 Å². The maximum absolute atomic E-state index is 13.5. The summed E-state index contributed by atoms with van der Waals surface area (Å²) in [5.41, 5.74) is 11.7. The molecule has 0 spiro atoms. The van der Waals surface area contributed by atoms with Gasteiger partial charge in [0.2, 0.25) is 0 Å². The lowest BCUT2D eigenvalue weighted by molar-refractivity contribution is 0.572. The van der Waals surface area contributed by atoms with E-state index in [9.17, 15) is 4.79 Å². The van der Waals surface area contributed by atoms with Crippen LogP contribution in [0.5, 0.6) is 0 Å². The summed E-state index contributed by atoms with van der Waals surface area (Å²) >= 11 is 0. The van der Waals surface area contributed by atoms with Gasteiger partial charge >= 0.3 is 5.63 Å². The zero-order valence-electron chi connectivity index (χ0n) is 28.4. The number of para-hydroxylation sites is 1. The molecule has 246 valence electrons. The van der Waals surface area contributed by atoms with Gasteiger partial charge in [0.05, 0.1) is 16.4 Å². The molecule has 0 unspecified atom stereocenters. The van der Waals surface area contributed by atoms with Crippen molar-refractivity contribution in [3.8, 4) is 39.1 Å². The van der Waals surface area contributed by atoms with Gasteiger partial charge < -0.3 is 8.98 Å². The summed E-state index contributed by atoms with van der Waals surface area (Å²) in [4.78, 5) is 13.5. The Kier molecular flexibility index (Phi) is 7.60. The Bertz CT molecular complexity index is 2960. The fraction of sp³-hybridized carbons (Fsp3) is 0. The summed E-state index contributed by atoms with van der Waals surface area (Å²) in [6, 6.07) is 54.7. The fourth-order valence-electron chi connectivity index (χ4n) is 7.52. The van der Waals surface area contributed by atoms with Crippen LogP contribution in [0, 0.1) is 0 Å². The van der Waals surface area contributed by atoms with E-state index < -0.39 is 0 Å². The first-order valence-electron chi connectivity index (χ1n) is 17.4. The number of rotatable bonds is 7. The lowest BCUT2D eigenvalue weighted by Crippen LogP contribution is -2.01. The quantitative estimate of drug-likeness (QED) is 0.0963. The first kappa shape index (κ1) is 31.0. The average Bonchev–Trinajstić information content (AvgIpc) is 3.55. The van der Waals surface area contributed by atoms with Crippen molar-refractivity contribution in [1.82, 2.24) is 4.57 Å². The highest BCUT2D eigenvalue weighted by molar-refractivity contribution is 6.20. The standard InChI is InChI=1S/C49H33NO2/c1-3-14-32(4-2)34-17-12-19-36(27-34)38-29-39(37-20-13-18-35(28-37)33-15-6-5-7-16-33)31-40(30-38)50-46-24-11-10-22-42(46)43-25-26-44-41-21-8-9-23-45(41)49(51)52-48(44)47(43)50/h3-31H,1-2H2/b32-14+. The Hall–Kier alpha value is -6.97. The smallest absolute Gasteiger partial charge is 0.344 e. The molecular weight excluding hydrogens is 635 g/mol. The Morgan fingerprint density at radius 2 is 1.12 bits per heavy atom. The lowest BCUT2D eigenvalue weighted by atomic mass is 9.94. The third kappa shape index (κ3) is 5.19. The summed E-state index contributed by atoms with van der Waals surface area (Å²) in [6.07, 6.45) is 5.62. The van der Waals surface area contributed by atoms with Crippen molar-refractivity contribution in [3.63, 3.8) is 0 Å². The van der Waals surface area contributed by atoms with E-state index in [-0.39, 0.29) is 5.63 Å². The van der Waals surface area contributed by atoms with Crippen LogP contribution in [-0.2, 0) is 0 Å². The molecule has 0 amide bonds. The van der Waals surface area contributed by atoms with Gasteiger partial charge in [-0.1, -0.05) is 141 Å². The van der Waals surface area contributed by atoms with E-state index in [0.717, 1.165) is 82.8 Å². The molecule has 0 aliphatic rings. The largest absolute Gasteiger partial charge is 0.420 e. The number of fused-ring (bicyclic) bond motifs is 7. The van der Waals surface area contributed by atoms with Gasteiger partial charge in [0.15, 0.2) is 5.58 Å². The maximum atomic E-state index is 13.5. The molecule has 0 saturated heterocycles. The zero-order valence-corrected chi connectivity index (χ0v) is 28.4. The Morgan fingerprint density at radius 1 is 0.519 bits per heavy atom. The molecule has 7 aromatic carbocycles. The van der Waals surface area contributed by atoms with Gasteiger partial charge in [0.1, 0.15) is 0 Å². The second-order valence-corrected chi connectivity index (χ2v) is 13.0. The highest BCUT2D eigenvalue weighted by atomic mass is 16.4. The van der Waals surface area contributed by atoms with E-state index in [1.807, 2.05) is 42.5 Å². The minimum Gasteiger partial charge on any atom is -0.420 e. The van der Waals surface area contributed by atoms with Gasteiger partial charge in [-0.3, -0.25) is 0 Å². The molecule has 0 aliphatic carbocycles. The molecule has 0 bridgehead atoms. The third-order valence-corrected chi connectivity index (χ3v) is 9.95. The highest BCUT2D eigenvalue weighted by Crippen LogP contribution is 2.40. The first-order valence-corrected chi connectivity index (χ1v) is 17.4. The predicted molar refractivity (Wildman–Crippen MR) is 219 cm³/mol. The van der Waals surface area contributed by atoms with Crippen molar-refractivity contribution < 1.29 is 4.42 Å². The molecule has 52 heavy (non-hydrogen) atoms. The molecule has 0 atom stereocenters. The predicted octanol–water partition coefficient (Wildman–Crippen LogP) is 12.8. The monoisotopic (exact) mass is 667 g/mol. The maximum Gasteiger partial charge on any atom is 0.344 e. The number of allylic oxidation sites excluding steroid dienone is 4. The molecule has 3 nitrogen and oxygen atoms in total. The molecule has 0 fully saturated rings. The summed E-state index contributed by atoms with van der Waals surface area (Å²) in [5, 5.41) is 4.45. The van der Waals surface area contributed by atoms with Gasteiger partial charge in [0.25, 0.3) is 0 Å². The first-order chi connectivity index (χ1) is 25.6. The number of benzene rings is 7. The molecule has 9 aromatic rings. The summed E-state index contributed by atoms with van der Waals surface area (Å²) in [6.45, 7) is 7.96. The molecule has 0 N–H and O–H groups in total. The van der Waals surface area contributed by atoms with Gasteiger partial charge in [-0.05, 0) is 98.4 Å². The molecule has 3 heteroatoms. The SMILES string of the molecule is C=C/C=C(\C=C)c1cccc(-c2cc(-c3cccc(-c4ccccc4)c3)cc(-n3c4ccccc4c4ccc5c6ccccc6c(=O)oc5c43)c2)c1. The molecule has 0 radical (unpaired) electrons. The third-order valence-electron chi connectivity index (χ3n) is 9.95. The van der Waals surface area contributed by atoms with Crippen molar-refractivity contribution in [2.75, 3.05) is 0 Å². The number of aromatic nitrogens is 1. The Balaban J connectivity index is 1.37. The Morgan fingerprint density at radius 3 is 1.87 bits per heavy atom. The number of hydrogen-bond donors (Lipinski definition) is 0. The van der Waals surface area contributed by atoms with E-state index >= 15 is 0 Å². The van der Waals surface area contributed by atoms with Crippen molar-refractivity contribution in [2.45, 2.75) is 0 Å². The van der Waals surface area contributed by atoms with Gasteiger partial charge in [-0.25, -0.2) is 4.79 Å². The van der Waals surface area contributed by atoms with Gasteiger partial charge in [0, 0.05) is 21.8 Å². The van der Waals surface area contributed by atoms with Crippen molar-refractivity contribution in [1.29, 1.82) is 0 Å². The van der Waals surface area contributed by atoms with E-state index in [0.29, 0.717) is 11.0 Å². The van der Waals surface area contributed by atoms with E-state index in [2.05, 4.69) is 145 Å². The van der Waals surface area contributed by atoms with Crippen molar-refractivity contribution in [2.24, 2.45) is 0 Å². The average molecular weight is 668 g/mol. The molecule has 0 aliphatic heterocycles. The Labute approximate surface area is 301 Å². The molecule has 0 saturated carbocycles. The minimum absolute atomic E-state index is 0.345. The van der Waals surface area contributed by atoms with E-state index in [4.69, 9.17) is 4.42 Å². The second-order valence-electron chi connectivity index (χ2n) is 13.0. The lowest BCUT2D eigenvalue weighted by Gasteiger charge is -2.16. The van der Waals surface area contributed by atoms with E-state index in [1.165, 1.54) is 0 Å². The molecule has 2 aromatic heterocycles. The van der Waals surface area contributed by atoms with Gasteiger partial charge in [-0.15, -0.1) is 0 Å². The van der Waals surface area contributed by atoms with Crippen LogP contribution in [0.15, 0.2) is 198 Å². The van der Waals surface area contributed by atoms with Crippen LogP contribution in [0.25, 0.3) is 88.2 Å². The van der Waals surface area contributed by atoms with E-state index in [1.54, 1.807) is 6.08 Å². The van der Waals surface area contributed by atoms with Crippen molar-refractivity contribution in [3.05, 3.63) is 205 Å². The van der Waals surface area contributed by atoms with Crippen LogP contribution in [0.1, 0.15) is 5.56 Å². The van der Waals surface area contributed by atoms with Crippen LogP contribution >= 0.6 is 0 Å². The van der Waals surface area contributed by atoms with Crippen molar-refractivity contribution >= 4 is 49.1 Å². The zero-order chi connectivity index (χ0) is 35.2. The topological polar surface area (TPSA) is 35.1 Å². The number of nitrogens with zero attached hydrogens (tertiary/aromatic N) is 1. The van der Waals surface area contributed by atoms with Crippen LogP contribution < -0.4 is 5.63 Å². The summed E-state index contributed by atoms with van der Waals surface area (Å²) in [7, 11) is 0. The number of hydrogen-bond acceptors (Lipinski definition) is 2. The highest BCUT2D eigenvalue weighted by Gasteiger charge is 2.20. The summed E-state index contributed by atoms with van der Waals surface area (Å²) < 4.78 is 8.51. The summed E-state index contributed by atoms with van der Waals surface area (Å²) in [5.74, 6) is 0. The van der Waals surface area contributed by atoms with Crippen LogP contribution in [-0.4, -0.2) is 4.57 Å². The molecular formula is C49H33NO2. The second kappa shape index (κ2) is 12.7. The molecule has 9 rings (SSSR count).